The van der Waals surface area contributed by atoms with Gasteiger partial charge in [0.2, 0.25) is 11.0 Å². The van der Waals surface area contributed by atoms with E-state index in [-0.39, 0.29) is 11.2 Å². The molecule has 1 amide bonds. The SMILES string of the molecule is Cc1ccccc1Nc1nnc(S[C@H](C)C(=O)NC2(C#N)CCCCC2)s1. The Balaban J connectivity index is 1.59. The van der Waals surface area contributed by atoms with Gasteiger partial charge in [0.1, 0.15) is 5.54 Å². The molecule has 1 aromatic heterocycles. The van der Waals surface area contributed by atoms with E-state index in [0.717, 1.165) is 47.7 Å². The zero-order valence-corrected chi connectivity index (χ0v) is 17.1. The Kier molecular flexibility index (Phi) is 6.34. The highest BCUT2D eigenvalue weighted by Gasteiger charge is 2.35. The first kappa shape index (κ1) is 19.6. The molecule has 27 heavy (non-hydrogen) atoms. The van der Waals surface area contributed by atoms with E-state index in [1.165, 1.54) is 23.1 Å². The maximum atomic E-state index is 12.6. The van der Waals surface area contributed by atoms with E-state index in [2.05, 4.69) is 26.9 Å². The van der Waals surface area contributed by atoms with Crippen LogP contribution >= 0.6 is 23.1 Å². The van der Waals surface area contributed by atoms with Crippen LogP contribution in [0.5, 0.6) is 0 Å². The third-order valence-electron chi connectivity index (χ3n) is 4.72. The summed E-state index contributed by atoms with van der Waals surface area (Å²) in [5.74, 6) is -0.118. The Morgan fingerprint density at radius 1 is 1.30 bits per heavy atom. The highest BCUT2D eigenvalue weighted by atomic mass is 32.2. The van der Waals surface area contributed by atoms with Crippen LogP contribution in [0.2, 0.25) is 0 Å². The number of aryl methyl sites for hydroxylation is 1. The molecule has 1 aliphatic carbocycles. The van der Waals surface area contributed by atoms with Crippen molar-refractivity contribution >= 4 is 39.8 Å². The number of carbonyl (C=O) groups is 1. The fourth-order valence-electron chi connectivity index (χ4n) is 3.10. The number of carbonyl (C=O) groups excluding carboxylic acids is 1. The molecule has 1 heterocycles. The Bertz CT molecular complexity index is 839. The van der Waals surface area contributed by atoms with Crippen molar-refractivity contribution in [3.63, 3.8) is 0 Å². The molecular formula is C19H23N5OS2. The van der Waals surface area contributed by atoms with E-state index >= 15 is 0 Å². The van der Waals surface area contributed by atoms with E-state index in [1.54, 1.807) is 0 Å². The van der Waals surface area contributed by atoms with Crippen LogP contribution in [0.3, 0.4) is 0 Å². The van der Waals surface area contributed by atoms with Crippen LogP contribution < -0.4 is 10.6 Å². The number of nitrogens with one attached hydrogen (secondary N) is 2. The molecule has 0 saturated heterocycles. The fraction of sp³-hybridized carbons (Fsp3) is 0.474. The molecule has 1 atom stereocenters. The number of hydrogen-bond acceptors (Lipinski definition) is 7. The number of para-hydroxylation sites is 1. The molecule has 0 bridgehead atoms. The molecule has 2 N–H and O–H groups in total. The predicted octanol–water partition coefficient (Wildman–Crippen LogP) is 4.41. The first-order chi connectivity index (χ1) is 13.0. The van der Waals surface area contributed by atoms with Crippen LogP contribution in [-0.4, -0.2) is 26.9 Å². The minimum atomic E-state index is -0.706. The Labute approximate surface area is 167 Å². The average Bonchev–Trinajstić information content (AvgIpc) is 3.11. The largest absolute Gasteiger partial charge is 0.337 e. The number of anilines is 2. The van der Waals surface area contributed by atoms with Crippen LogP contribution in [0.4, 0.5) is 10.8 Å². The monoisotopic (exact) mass is 401 g/mol. The predicted molar refractivity (Wildman–Crippen MR) is 109 cm³/mol. The number of amides is 1. The third-order valence-corrected chi connectivity index (χ3v) is 6.75. The molecule has 6 nitrogen and oxygen atoms in total. The number of thioether (sulfide) groups is 1. The standard InChI is InChI=1S/C19H23N5OS2/c1-13-8-4-5-9-15(13)21-17-23-24-18(27-17)26-14(2)16(25)22-19(12-20)10-6-3-7-11-19/h4-5,8-9,14H,3,6-7,10-11H2,1-2H3,(H,21,23)(H,22,25)/t14-/m1/s1. The van der Waals surface area contributed by atoms with Crippen molar-refractivity contribution in [2.75, 3.05) is 5.32 Å². The van der Waals surface area contributed by atoms with Crippen molar-refractivity contribution in [2.24, 2.45) is 0 Å². The highest BCUT2D eigenvalue weighted by Crippen LogP contribution is 2.32. The minimum absolute atomic E-state index is 0.118. The summed E-state index contributed by atoms with van der Waals surface area (Å²) in [6, 6.07) is 10.3. The number of aromatic nitrogens is 2. The summed E-state index contributed by atoms with van der Waals surface area (Å²) >= 11 is 2.79. The minimum Gasteiger partial charge on any atom is -0.337 e. The molecule has 1 saturated carbocycles. The molecule has 3 rings (SSSR count). The van der Waals surface area contributed by atoms with Crippen LogP contribution in [-0.2, 0) is 4.79 Å². The maximum Gasteiger partial charge on any atom is 0.234 e. The van der Waals surface area contributed by atoms with Crippen molar-refractivity contribution in [1.29, 1.82) is 5.26 Å². The van der Waals surface area contributed by atoms with Gasteiger partial charge in [0.15, 0.2) is 4.34 Å². The van der Waals surface area contributed by atoms with Crippen molar-refractivity contribution in [3.05, 3.63) is 29.8 Å². The third kappa shape index (κ3) is 4.99. The Morgan fingerprint density at radius 3 is 2.74 bits per heavy atom. The summed E-state index contributed by atoms with van der Waals surface area (Å²) in [7, 11) is 0. The highest BCUT2D eigenvalue weighted by molar-refractivity contribution is 8.02. The molecular weight excluding hydrogens is 378 g/mol. The van der Waals surface area contributed by atoms with Gasteiger partial charge >= 0.3 is 0 Å². The molecule has 1 fully saturated rings. The number of hydrogen-bond donors (Lipinski definition) is 2. The average molecular weight is 402 g/mol. The number of nitrogens with zero attached hydrogens (tertiary/aromatic N) is 3. The van der Waals surface area contributed by atoms with Crippen LogP contribution in [0.25, 0.3) is 0 Å². The topological polar surface area (TPSA) is 90.7 Å². The fourth-order valence-corrected chi connectivity index (χ4v) is 5.01. The number of benzene rings is 1. The molecule has 0 unspecified atom stereocenters. The summed E-state index contributed by atoms with van der Waals surface area (Å²) in [5.41, 5.74) is 1.41. The normalized spacial score (nSPS) is 16.9. The molecule has 0 radical (unpaired) electrons. The second kappa shape index (κ2) is 8.72. The Morgan fingerprint density at radius 2 is 2.04 bits per heavy atom. The second-order valence-electron chi connectivity index (χ2n) is 6.82. The van der Waals surface area contributed by atoms with Gasteiger partial charge < -0.3 is 10.6 Å². The van der Waals surface area contributed by atoms with Crippen molar-refractivity contribution < 1.29 is 4.79 Å². The summed E-state index contributed by atoms with van der Waals surface area (Å²) < 4.78 is 0.725. The first-order valence-corrected chi connectivity index (χ1v) is 10.8. The number of rotatable bonds is 6. The lowest BCUT2D eigenvalue weighted by atomic mass is 9.83. The summed E-state index contributed by atoms with van der Waals surface area (Å²) in [6.45, 7) is 3.87. The van der Waals surface area contributed by atoms with Gasteiger partial charge in [-0.15, -0.1) is 10.2 Å². The lowest BCUT2D eigenvalue weighted by molar-refractivity contribution is -0.121. The van der Waals surface area contributed by atoms with Gasteiger partial charge in [-0.3, -0.25) is 4.79 Å². The smallest absolute Gasteiger partial charge is 0.234 e. The molecule has 1 aromatic carbocycles. The summed E-state index contributed by atoms with van der Waals surface area (Å²) in [4.78, 5) is 12.6. The molecule has 8 heteroatoms. The lowest BCUT2D eigenvalue weighted by Crippen LogP contribution is -2.50. The van der Waals surface area contributed by atoms with Gasteiger partial charge in [-0.25, -0.2) is 0 Å². The van der Waals surface area contributed by atoms with Gasteiger partial charge in [0.25, 0.3) is 0 Å². The van der Waals surface area contributed by atoms with Crippen molar-refractivity contribution in [2.45, 2.75) is 61.1 Å². The van der Waals surface area contributed by atoms with Crippen LogP contribution in [0.15, 0.2) is 28.6 Å². The lowest BCUT2D eigenvalue weighted by Gasteiger charge is -2.32. The van der Waals surface area contributed by atoms with Crippen LogP contribution in [0, 0.1) is 18.3 Å². The van der Waals surface area contributed by atoms with Crippen molar-refractivity contribution in [3.8, 4) is 6.07 Å². The number of nitriles is 1. The zero-order valence-electron chi connectivity index (χ0n) is 15.5. The molecule has 142 valence electrons. The second-order valence-corrected chi connectivity index (χ2v) is 9.38. The van der Waals surface area contributed by atoms with E-state index in [0.29, 0.717) is 5.13 Å². The van der Waals surface area contributed by atoms with Gasteiger partial charge in [-0.1, -0.05) is 60.6 Å². The Hall–Kier alpha value is -2.11. The van der Waals surface area contributed by atoms with Gasteiger partial charge in [-0.2, -0.15) is 5.26 Å². The van der Waals surface area contributed by atoms with E-state index in [4.69, 9.17) is 0 Å². The van der Waals surface area contributed by atoms with Gasteiger partial charge in [0, 0.05) is 5.69 Å². The van der Waals surface area contributed by atoms with Crippen LogP contribution in [0.1, 0.15) is 44.6 Å². The van der Waals surface area contributed by atoms with Gasteiger partial charge in [0.05, 0.1) is 11.3 Å². The van der Waals surface area contributed by atoms with E-state index in [1.807, 2.05) is 38.1 Å². The molecule has 0 aliphatic heterocycles. The zero-order chi connectivity index (χ0) is 19.3. The van der Waals surface area contributed by atoms with E-state index < -0.39 is 5.54 Å². The summed E-state index contributed by atoms with van der Waals surface area (Å²) in [6.07, 6.45) is 4.57. The molecule has 2 aromatic rings. The molecule has 1 aliphatic rings. The van der Waals surface area contributed by atoms with E-state index in [9.17, 15) is 10.1 Å². The molecule has 0 spiro atoms. The van der Waals surface area contributed by atoms with Gasteiger partial charge in [-0.05, 0) is 38.3 Å². The quantitative estimate of drug-likeness (QED) is 0.697. The maximum absolute atomic E-state index is 12.6. The summed E-state index contributed by atoms with van der Waals surface area (Å²) in [5, 5.41) is 24.5. The first-order valence-electron chi connectivity index (χ1n) is 9.07. The van der Waals surface area contributed by atoms with Crippen molar-refractivity contribution in [1.82, 2.24) is 15.5 Å².